The average molecular weight is 534 g/mol. The Hall–Kier alpha value is -5.18. The van der Waals surface area contributed by atoms with Crippen LogP contribution in [0.2, 0.25) is 0 Å². The van der Waals surface area contributed by atoms with Gasteiger partial charge in [-0.05, 0) is 19.1 Å². The number of benzene rings is 2. The zero-order valence-corrected chi connectivity index (χ0v) is 20.6. The van der Waals surface area contributed by atoms with Crippen molar-refractivity contribution in [1.29, 1.82) is 5.26 Å². The molecule has 12 heteroatoms. The molecule has 1 aromatic heterocycles. The van der Waals surface area contributed by atoms with Gasteiger partial charge in [0, 0.05) is 22.4 Å². The predicted molar refractivity (Wildman–Crippen MR) is 139 cm³/mol. The normalized spacial score (nSPS) is 16.1. The van der Waals surface area contributed by atoms with Crippen LogP contribution in [0.25, 0.3) is 5.57 Å². The van der Waals surface area contributed by atoms with Crippen LogP contribution in [-0.4, -0.2) is 40.7 Å². The lowest BCUT2D eigenvalue weighted by molar-refractivity contribution is -0.116. The highest BCUT2D eigenvalue weighted by atomic mass is 19.4. The number of fused-ring (bicyclic) bond motifs is 1. The molecule has 1 amide bonds. The zero-order valence-electron chi connectivity index (χ0n) is 20.6. The molecule has 1 unspecified atom stereocenters. The van der Waals surface area contributed by atoms with Crippen molar-refractivity contribution in [3.63, 3.8) is 0 Å². The third kappa shape index (κ3) is 6.22. The van der Waals surface area contributed by atoms with Gasteiger partial charge in [0.2, 0.25) is 12.1 Å². The molecule has 0 fully saturated rings. The molecule has 1 aliphatic rings. The summed E-state index contributed by atoms with van der Waals surface area (Å²) in [4.78, 5) is 17.7. The number of para-hydroxylation sites is 1. The molecule has 3 N–H and O–H groups in total. The minimum atomic E-state index is -4.66. The molecule has 2 aromatic carbocycles. The van der Waals surface area contributed by atoms with Crippen molar-refractivity contribution < 1.29 is 22.4 Å². The smallest absolute Gasteiger partial charge is 0.404 e. The molecule has 0 bridgehead atoms. The fourth-order valence-electron chi connectivity index (χ4n) is 3.68. The number of anilines is 2. The van der Waals surface area contributed by atoms with Crippen molar-refractivity contribution in [2.24, 2.45) is 4.99 Å². The van der Waals surface area contributed by atoms with Crippen molar-refractivity contribution in [3.05, 3.63) is 102 Å². The molecule has 1 aliphatic heterocycles. The number of alkyl halides is 3. The van der Waals surface area contributed by atoms with Crippen molar-refractivity contribution in [3.8, 4) is 6.07 Å². The number of nitrogens with one attached hydrogen (secondary N) is 3. The Morgan fingerprint density at radius 2 is 1.90 bits per heavy atom. The lowest BCUT2D eigenvalue weighted by atomic mass is 10.0. The molecule has 1 atom stereocenters. The number of amides is 1. The van der Waals surface area contributed by atoms with Gasteiger partial charge in [0.1, 0.15) is 6.54 Å². The van der Waals surface area contributed by atoms with Gasteiger partial charge in [0.25, 0.3) is 5.91 Å². The number of carbonyl (C=O) groups excluding carboxylic acids is 1. The molecule has 0 saturated carbocycles. The summed E-state index contributed by atoms with van der Waals surface area (Å²) in [6.45, 7) is 4.38. The molecule has 0 aliphatic carbocycles. The summed E-state index contributed by atoms with van der Waals surface area (Å²) in [5, 5.41) is 24.9. The number of hydrogen-bond donors (Lipinski definition) is 3. The third-order valence-electron chi connectivity index (χ3n) is 5.61. The maximum atomic E-state index is 13.3. The Labute approximate surface area is 221 Å². The summed E-state index contributed by atoms with van der Waals surface area (Å²) in [6.07, 6.45) is -4.38. The Bertz CT molecular complexity index is 1520. The minimum Gasteiger partial charge on any atom is -0.404 e. The summed E-state index contributed by atoms with van der Waals surface area (Å²) < 4.78 is 45.5. The van der Waals surface area contributed by atoms with E-state index in [1.807, 2.05) is 48.5 Å². The largest absolute Gasteiger partial charge is 0.416 e. The number of halogens is 3. The van der Waals surface area contributed by atoms with Crippen LogP contribution in [0.4, 0.5) is 24.9 Å². The van der Waals surface area contributed by atoms with Gasteiger partial charge in [-0.15, -0.1) is 5.10 Å². The number of hydrogen-bond acceptors (Lipinski definition) is 8. The van der Waals surface area contributed by atoms with E-state index >= 15 is 0 Å². The molecule has 39 heavy (non-hydrogen) atoms. The molecule has 2 heterocycles. The number of rotatable bonds is 8. The molecule has 0 radical (unpaired) electrons. The van der Waals surface area contributed by atoms with Gasteiger partial charge in [-0.2, -0.15) is 18.4 Å². The molecule has 4 rings (SSSR count). The van der Waals surface area contributed by atoms with E-state index in [2.05, 4.69) is 37.7 Å². The Morgan fingerprint density at radius 1 is 1.18 bits per heavy atom. The number of aromatic nitrogens is 2. The van der Waals surface area contributed by atoms with E-state index < -0.39 is 23.8 Å². The van der Waals surface area contributed by atoms with Gasteiger partial charge in [-0.25, -0.2) is 4.99 Å². The van der Waals surface area contributed by atoms with E-state index in [0.717, 1.165) is 11.6 Å². The number of benzodiazepines with no additional fused rings is 1. The van der Waals surface area contributed by atoms with Gasteiger partial charge < -0.3 is 20.4 Å². The number of aliphatic imine (C=N–C) groups is 1. The van der Waals surface area contributed by atoms with Gasteiger partial charge >= 0.3 is 12.2 Å². The van der Waals surface area contributed by atoms with E-state index in [1.54, 1.807) is 12.1 Å². The summed E-state index contributed by atoms with van der Waals surface area (Å²) >= 11 is 0. The lowest BCUT2D eigenvalue weighted by Crippen LogP contribution is -2.32. The molecule has 0 saturated heterocycles. The first-order chi connectivity index (χ1) is 18.7. The highest BCUT2D eigenvalue weighted by Crippen LogP contribution is 2.29. The van der Waals surface area contributed by atoms with E-state index in [-0.39, 0.29) is 29.7 Å². The first-order valence-corrected chi connectivity index (χ1v) is 11.6. The second-order valence-electron chi connectivity index (χ2n) is 8.19. The number of nitriles is 1. The van der Waals surface area contributed by atoms with Gasteiger partial charge in [-0.3, -0.25) is 4.79 Å². The zero-order chi connectivity index (χ0) is 28.0. The fourth-order valence-corrected chi connectivity index (χ4v) is 3.68. The van der Waals surface area contributed by atoms with E-state index in [0.29, 0.717) is 23.0 Å². The van der Waals surface area contributed by atoms with E-state index in [1.165, 1.54) is 6.92 Å². The molecule has 198 valence electrons. The maximum absolute atomic E-state index is 13.3. The highest BCUT2D eigenvalue weighted by Gasteiger charge is 2.32. The van der Waals surface area contributed by atoms with Crippen LogP contribution in [0, 0.1) is 11.3 Å². The van der Waals surface area contributed by atoms with Crippen LogP contribution in [0.1, 0.15) is 23.9 Å². The molecule has 3 aromatic rings. The molecular formula is C27H22F3N7O2. The Morgan fingerprint density at radius 3 is 2.59 bits per heavy atom. The lowest BCUT2D eigenvalue weighted by Gasteiger charge is -2.12. The predicted octanol–water partition coefficient (Wildman–Crippen LogP) is 4.82. The number of allylic oxidation sites excluding steroid dienone is 4. The second kappa shape index (κ2) is 11.5. The monoisotopic (exact) mass is 533 g/mol. The standard InChI is InChI=1S/C27H22F3N7O2/c1-3-18(27(28,29)30)15-21(32-14-13-31)16(2)25-36-37-26(39-25)35-23-24(38)33-20-12-8-7-11-19(20)22(34-23)17-9-5-4-6-10-17/h3-12,15,23,32H,1,14H2,2H3,(H,33,38)(H,35,37)/b18-15+,21-16-. The van der Waals surface area contributed by atoms with Gasteiger partial charge in [0.05, 0.1) is 23.0 Å². The fraction of sp³-hybridized carbons (Fsp3) is 0.148. The van der Waals surface area contributed by atoms with E-state index in [4.69, 9.17) is 9.68 Å². The maximum Gasteiger partial charge on any atom is 0.416 e. The van der Waals surface area contributed by atoms with Crippen LogP contribution in [0.15, 0.2) is 94.0 Å². The Balaban J connectivity index is 1.68. The first-order valence-electron chi connectivity index (χ1n) is 11.6. The van der Waals surface area contributed by atoms with Crippen molar-refractivity contribution >= 4 is 28.9 Å². The summed E-state index contributed by atoms with van der Waals surface area (Å²) in [7, 11) is 0. The first kappa shape index (κ1) is 26.9. The number of nitrogens with zero attached hydrogens (tertiary/aromatic N) is 4. The van der Waals surface area contributed by atoms with E-state index in [9.17, 15) is 18.0 Å². The number of carbonyl (C=O) groups is 1. The molecule has 0 spiro atoms. The van der Waals surface area contributed by atoms with Crippen LogP contribution in [-0.2, 0) is 4.79 Å². The van der Waals surface area contributed by atoms with Crippen LogP contribution in [0.3, 0.4) is 0 Å². The molecular weight excluding hydrogens is 511 g/mol. The van der Waals surface area contributed by atoms with Crippen molar-refractivity contribution in [2.75, 3.05) is 17.2 Å². The van der Waals surface area contributed by atoms with Crippen molar-refractivity contribution in [2.45, 2.75) is 19.3 Å². The molecule has 9 nitrogen and oxygen atoms in total. The van der Waals surface area contributed by atoms with Crippen LogP contribution < -0.4 is 16.0 Å². The average Bonchev–Trinajstić information content (AvgIpc) is 3.34. The summed E-state index contributed by atoms with van der Waals surface area (Å²) in [5.41, 5.74) is 1.66. The topological polar surface area (TPSA) is 128 Å². The Kier molecular flexibility index (Phi) is 7.90. The third-order valence-corrected chi connectivity index (χ3v) is 5.61. The highest BCUT2D eigenvalue weighted by molar-refractivity contribution is 6.19. The van der Waals surface area contributed by atoms with Crippen LogP contribution in [0.5, 0.6) is 0 Å². The van der Waals surface area contributed by atoms with Gasteiger partial charge in [0.15, 0.2) is 0 Å². The van der Waals surface area contributed by atoms with Gasteiger partial charge in [-0.1, -0.05) is 66.3 Å². The summed E-state index contributed by atoms with van der Waals surface area (Å²) in [6, 6.07) is 18.1. The minimum absolute atomic E-state index is 0.0639. The van der Waals surface area contributed by atoms with Crippen molar-refractivity contribution in [1.82, 2.24) is 15.5 Å². The summed E-state index contributed by atoms with van der Waals surface area (Å²) in [5.74, 6) is -0.620. The van der Waals surface area contributed by atoms with Crippen LogP contribution >= 0.6 is 0 Å². The SMILES string of the molecule is C=C/C(=C\C(NCC#N)=C(/C)c1nnc(NC2N=C(c3ccccc3)c3ccccc3NC2=O)o1)C(F)(F)F. The quantitative estimate of drug-likeness (QED) is 0.280. The second-order valence-corrected chi connectivity index (χ2v) is 8.19.